The van der Waals surface area contributed by atoms with Gasteiger partial charge in [-0.3, -0.25) is 0 Å². The number of benzene rings is 7. The fourth-order valence-corrected chi connectivity index (χ4v) is 7.39. The zero-order valence-electron chi connectivity index (χ0n) is 27.3. The molecule has 1 aliphatic rings. The Morgan fingerprint density at radius 3 is 1.48 bits per heavy atom. The highest BCUT2D eigenvalue weighted by Gasteiger charge is 2.45. The van der Waals surface area contributed by atoms with Crippen LogP contribution in [0.5, 0.6) is 11.5 Å². The van der Waals surface area contributed by atoms with Gasteiger partial charge in [-0.25, -0.2) is 9.97 Å². The number of hydrogen-bond donors (Lipinski definition) is 0. The summed E-state index contributed by atoms with van der Waals surface area (Å²) in [6.07, 6.45) is 0. The van der Waals surface area contributed by atoms with E-state index in [0.29, 0.717) is 5.82 Å². The molecule has 0 fully saturated rings. The van der Waals surface area contributed by atoms with Crippen LogP contribution < -0.4 is 4.74 Å². The lowest BCUT2D eigenvalue weighted by atomic mass is 9.63. The fraction of sp³-hybridized carbons (Fsp3) is 0.0213. The molecular formula is C47H32N2O. The summed E-state index contributed by atoms with van der Waals surface area (Å²) in [7, 11) is 0. The van der Waals surface area contributed by atoms with Crippen LogP contribution in [-0.4, -0.2) is 9.97 Å². The van der Waals surface area contributed by atoms with Gasteiger partial charge in [-0.2, -0.15) is 0 Å². The molecule has 1 aromatic heterocycles. The molecule has 0 unspecified atom stereocenters. The van der Waals surface area contributed by atoms with Gasteiger partial charge >= 0.3 is 0 Å². The lowest BCUT2D eigenvalue weighted by molar-refractivity contribution is 0.434. The van der Waals surface area contributed by atoms with Gasteiger partial charge in [-0.05, 0) is 40.5 Å². The Kier molecular flexibility index (Phi) is 7.37. The second kappa shape index (κ2) is 12.5. The Hall–Kier alpha value is -6.58. The molecule has 3 heteroatoms. The summed E-state index contributed by atoms with van der Waals surface area (Å²) in [5.74, 6) is 2.45. The second-order valence-electron chi connectivity index (χ2n) is 12.5. The SMILES string of the molecule is c1ccc(-c2cc(-c3ccccc3-c3ccc(C4(c5ccccc5)c5ccccc5Oc5ccccc54)cc3)nc(-c3ccccc3)n2)cc1. The summed E-state index contributed by atoms with van der Waals surface area (Å²) in [4.78, 5) is 10.2. The third kappa shape index (κ3) is 4.99. The highest BCUT2D eigenvalue weighted by molar-refractivity contribution is 5.84. The van der Waals surface area contributed by atoms with Crippen LogP contribution in [0.2, 0.25) is 0 Å². The molecule has 7 aromatic carbocycles. The maximum Gasteiger partial charge on any atom is 0.160 e. The lowest BCUT2D eigenvalue weighted by Gasteiger charge is -2.41. The van der Waals surface area contributed by atoms with Crippen molar-refractivity contribution in [2.45, 2.75) is 5.41 Å². The van der Waals surface area contributed by atoms with E-state index in [1.54, 1.807) is 0 Å². The van der Waals surface area contributed by atoms with Crippen molar-refractivity contribution < 1.29 is 4.74 Å². The number of fused-ring (bicyclic) bond motifs is 2. The van der Waals surface area contributed by atoms with Gasteiger partial charge in [0.2, 0.25) is 0 Å². The van der Waals surface area contributed by atoms with Crippen molar-refractivity contribution in [1.29, 1.82) is 0 Å². The molecule has 8 aromatic rings. The molecular weight excluding hydrogens is 609 g/mol. The van der Waals surface area contributed by atoms with Crippen LogP contribution in [0, 0.1) is 0 Å². The molecule has 0 bridgehead atoms. The second-order valence-corrected chi connectivity index (χ2v) is 12.5. The molecule has 3 nitrogen and oxygen atoms in total. The van der Waals surface area contributed by atoms with Crippen LogP contribution in [0.4, 0.5) is 0 Å². The van der Waals surface area contributed by atoms with Gasteiger partial charge in [-0.15, -0.1) is 0 Å². The van der Waals surface area contributed by atoms with Crippen molar-refractivity contribution >= 4 is 0 Å². The number of aromatic nitrogens is 2. The quantitative estimate of drug-likeness (QED) is 0.181. The third-order valence-electron chi connectivity index (χ3n) is 9.67. The standard InChI is InChI=1S/C47H32N2O/c1-4-16-34(17-5-1)42-32-43(49-46(48-42)35-18-6-2-7-19-35)39-23-11-10-22-38(39)33-28-30-37(31-29-33)47(36-20-8-3-9-21-36)40-24-12-14-26-44(40)50-45-27-15-13-25-41(45)47/h1-32H. The minimum absolute atomic E-state index is 0.563. The topological polar surface area (TPSA) is 35.0 Å². The maximum absolute atomic E-state index is 6.50. The van der Waals surface area contributed by atoms with E-state index in [0.717, 1.165) is 61.8 Å². The Bertz CT molecular complexity index is 2340. The van der Waals surface area contributed by atoms with Gasteiger partial charge in [0.15, 0.2) is 5.82 Å². The van der Waals surface area contributed by atoms with E-state index in [2.05, 4.69) is 146 Å². The molecule has 9 rings (SSSR count). The number of para-hydroxylation sites is 2. The minimum Gasteiger partial charge on any atom is -0.457 e. The summed E-state index contributed by atoms with van der Waals surface area (Å²) >= 11 is 0. The van der Waals surface area contributed by atoms with Gasteiger partial charge in [0.25, 0.3) is 0 Å². The van der Waals surface area contributed by atoms with Crippen molar-refractivity contribution in [2.24, 2.45) is 0 Å². The van der Waals surface area contributed by atoms with E-state index in [9.17, 15) is 0 Å². The van der Waals surface area contributed by atoms with Crippen molar-refractivity contribution in [2.75, 3.05) is 0 Å². The van der Waals surface area contributed by atoms with Crippen LogP contribution in [0.15, 0.2) is 194 Å². The summed E-state index contributed by atoms with van der Waals surface area (Å²) in [6, 6.07) is 67.8. The average Bonchev–Trinajstić information content (AvgIpc) is 3.21. The first kappa shape index (κ1) is 29.6. The average molecular weight is 641 g/mol. The molecule has 1 aliphatic heterocycles. The Labute approximate surface area is 292 Å². The van der Waals surface area contributed by atoms with E-state index in [1.807, 2.05) is 48.5 Å². The van der Waals surface area contributed by atoms with Crippen LogP contribution >= 0.6 is 0 Å². The summed E-state index contributed by atoms with van der Waals surface area (Å²) in [6.45, 7) is 0. The van der Waals surface area contributed by atoms with Gasteiger partial charge in [-0.1, -0.05) is 176 Å². The number of rotatable bonds is 6. The molecule has 0 saturated carbocycles. The van der Waals surface area contributed by atoms with Crippen LogP contribution in [0.1, 0.15) is 22.3 Å². The minimum atomic E-state index is -0.563. The lowest BCUT2D eigenvalue weighted by Crippen LogP contribution is -2.34. The summed E-state index contributed by atoms with van der Waals surface area (Å²) < 4.78 is 6.50. The van der Waals surface area contributed by atoms with E-state index in [-0.39, 0.29) is 0 Å². The molecule has 2 heterocycles. The van der Waals surface area contributed by atoms with E-state index in [4.69, 9.17) is 14.7 Å². The normalized spacial score (nSPS) is 12.7. The summed E-state index contributed by atoms with van der Waals surface area (Å²) in [5, 5.41) is 0. The molecule has 0 atom stereocenters. The molecule has 50 heavy (non-hydrogen) atoms. The highest BCUT2D eigenvalue weighted by atomic mass is 16.5. The Balaban J connectivity index is 1.21. The zero-order chi connectivity index (χ0) is 33.3. The van der Waals surface area contributed by atoms with Crippen molar-refractivity contribution in [3.8, 4) is 56.5 Å². The maximum atomic E-state index is 6.50. The predicted octanol–water partition coefficient (Wildman–Crippen LogP) is 11.6. The van der Waals surface area contributed by atoms with Gasteiger partial charge in [0.1, 0.15) is 11.5 Å². The van der Waals surface area contributed by atoms with Crippen molar-refractivity contribution in [3.05, 3.63) is 216 Å². The molecule has 0 saturated heterocycles. The predicted molar refractivity (Wildman–Crippen MR) is 202 cm³/mol. The largest absolute Gasteiger partial charge is 0.457 e. The Morgan fingerprint density at radius 2 is 0.840 bits per heavy atom. The summed E-state index contributed by atoms with van der Waals surface area (Å²) in [5.41, 5.74) is 11.1. The third-order valence-corrected chi connectivity index (χ3v) is 9.67. The molecule has 0 radical (unpaired) electrons. The van der Waals surface area contributed by atoms with E-state index < -0.39 is 5.41 Å². The Morgan fingerprint density at radius 1 is 0.360 bits per heavy atom. The smallest absolute Gasteiger partial charge is 0.160 e. The van der Waals surface area contributed by atoms with Gasteiger partial charge in [0, 0.05) is 27.8 Å². The molecule has 0 N–H and O–H groups in total. The van der Waals surface area contributed by atoms with E-state index in [1.165, 1.54) is 11.1 Å². The first-order chi connectivity index (χ1) is 24.8. The number of ether oxygens (including phenoxy) is 1. The van der Waals surface area contributed by atoms with Crippen molar-refractivity contribution in [1.82, 2.24) is 9.97 Å². The van der Waals surface area contributed by atoms with Crippen molar-refractivity contribution in [3.63, 3.8) is 0 Å². The monoisotopic (exact) mass is 640 g/mol. The van der Waals surface area contributed by atoms with Gasteiger partial charge < -0.3 is 4.74 Å². The van der Waals surface area contributed by atoms with E-state index >= 15 is 0 Å². The molecule has 236 valence electrons. The zero-order valence-corrected chi connectivity index (χ0v) is 27.3. The highest BCUT2D eigenvalue weighted by Crippen LogP contribution is 2.55. The first-order valence-electron chi connectivity index (χ1n) is 16.9. The molecule has 0 amide bonds. The van der Waals surface area contributed by atoms with Gasteiger partial charge in [0.05, 0.1) is 16.8 Å². The fourth-order valence-electron chi connectivity index (χ4n) is 7.39. The number of nitrogens with zero attached hydrogens (tertiary/aromatic N) is 2. The molecule has 0 aliphatic carbocycles. The molecule has 0 spiro atoms. The van der Waals surface area contributed by atoms with Crippen LogP contribution in [-0.2, 0) is 5.41 Å². The van der Waals surface area contributed by atoms with Crippen LogP contribution in [0.3, 0.4) is 0 Å². The first-order valence-corrected chi connectivity index (χ1v) is 16.9. The number of hydrogen-bond acceptors (Lipinski definition) is 3. The van der Waals surface area contributed by atoms with Crippen LogP contribution in [0.25, 0.3) is 45.0 Å².